The predicted molar refractivity (Wildman–Crippen MR) is 104 cm³/mol. The first-order valence-corrected chi connectivity index (χ1v) is 9.52. The van der Waals surface area contributed by atoms with Gasteiger partial charge in [-0.15, -0.1) is 0 Å². The molecule has 3 N–H and O–H groups in total. The summed E-state index contributed by atoms with van der Waals surface area (Å²) in [4.78, 5) is 0. The maximum atomic E-state index is 10.5. The highest BCUT2D eigenvalue weighted by molar-refractivity contribution is 7.99. The summed E-state index contributed by atoms with van der Waals surface area (Å²) in [7, 11) is 3.11. The summed E-state index contributed by atoms with van der Waals surface area (Å²) in [5, 5.41) is 30.4. The van der Waals surface area contributed by atoms with E-state index in [0.717, 1.165) is 11.1 Å². The van der Waals surface area contributed by atoms with Crippen molar-refractivity contribution in [2.45, 2.75) is 25.7 Å². The first kappa shape index (κ1) is 20.6. The minimum absolute atomic E-state index is 0.150. The number of hydrogen-bond donors (Lipinski definition) is 3. The summed E-state index contributed by atoms with van der Waals surface area (Å²) in [6, 6.07) is 11.0. The fourth-order valence-electron chi connectivity index (χ4n) is 2.93. The van der Waals surface area contributed by atoms with E-state index in [1.54, 1.807) is 25.3 Å². The Labute approximate surface area is 158 Å². The monoisotopic (exact) mass is 378 g/mol. The van der Waals surface area contributed by atoms with Crippen molar-refractivity contribution in [1.29, 1.82) is 0 Å². The van der Waals surface area contributed by atoms with Gasteiger partial charge in [0.15, 0.2) is 0 Å². The average molecular weight is 378 g/mol. The third-order valence-electron chi connectivity index (χ3n) is 4.22. The van der Waals surface area contributed by atoms with Crippen LogP contribution in [-0.2, 0) is 6.61 Å². The van der Waals surface area contributed by atoms with Crippen molar-refractivity contribution < 1.29 is 24.8 Å². The molecule has 0 aliphatic heterocycles. The van der Waals surface area contributed by atoms with Crippen molar-refractivity contribution in [3.05, 3.63) is 58.7 Å². The molecule has 0 bridgehead atoms. The molecule has 0 fully saturated rings. The number of para-hydroxylation sites is 2. The molecule has 2 rings (SSSR count). The maximum absolute atomic E-state index is 10.5. The fourth-order valence-corrected chi connectivity index (χ4v) is 3.87. The summed E-state index contributed by atoms with van der Waals surface area (Å²) < 4.78 is 10.7. The largest absolute Gasteiger partial charge is 0.496 e. The Bertz CT molecular complexity index is 719. The second-order valence-electron chi connectivity index (χ2n) is 5.96. The molecule has 5 nitrogen and oxygen atoms in total. The molecule has 0 heterocycles. The van der Waals surface area contributed by atoms with E-state index in [1.807, 2.05) is 25.1 Å². The lowest BCUT2D eigenvalue weighted by molar-refractivity contribution is 0.193. The quantitative estimate of drug-likeness (QED) is 0.623. The van der Waals surface area contributed by atoms with Crippen molar-refractivity contribution in [2.75, 3.05) is 25.7 Å². The molecule has 0 saturated carbocycles. The van der Waals surface area contributed by atoms with Crippen molar-refractivity contribution in [2.24, 2.45) is 0 Å². The van der Waals surface area contributed by atoms with Crippen LogP contribution in [0.5, 0.6) is 11.5 Å². The zero-order valence-electron chi connectivity index (χ0n) is 15.3. The Morgan fingerprint density at radius 2 is 1.42 bits per heavy atom. The molecular formula is C20H26O5S. The van der Waals surface area contributed by atoms with Gasteiger partial charge in [-0.1, -0.05) is 36.4 Å². The van der Waals surface area contributed by atoms with Gasteiger partial charge in [0, 0.05) is 28.2 Å². The van der Waals surface area contributed by atoms with E-state index in [4.69, 9.17) is 9.47 Å². The zero-order chi connectivity index (χ0) is 19.1. The normalized spacial score (nSPS) is 13.3. The molecule has 0 amide bonds. The van der Waals surface area contributed by atoms with Gasteiger partial charge in [0.2, 0.25) is 0 Å². The predicted octanol–water partition coefficient (Wildman–Crippen LogP) is 3.00. The van der Waals surface area contributed by atoms with E-state index >= 15 is 0 Å². The van der Waals surface area contributed by atoms with E-state index in [0.29, 0.717) is 34.1 Å². The average Bonchev–Trinajstić information content (AvgIpc) is 2.66. The van der Waals surface area contributed by atoms with Crippen LogP contribution in [0.15, 0.2) is 36.4 Å². The van der Waals surface area contributed by atoms with Crippen LogP contribution in [0.25, 0.3) is 0 Å². The zero-order valence-corrected chi connectivity index (χ0v) is 16.1. The number of ether oxygens (including phenoxy) is 2. The SMILES string of the molecule is COc1c(C)cccc1C(O)CSCC(O)c1cccc(CO)c1OC. The second-order valence-corrected chi connectivity index (χ2v) is 7.04. The van der Waals surface area contributed by atoms with E-state index in [1.165, 1.54) is 18.9 Å². The molecule has 142 valence electrons. The summed E-state index contributed by atoms with van der Waals surface area (Å²) >= 11 is 1.44. The Hall–Kier alpha value is -1.73. The molecule has 0 spiro atoms. The first-order chi connectivity index (χ1) is 12.5. The van der Waals surface area contributed by atoms with E-state index in [9.17, 15) is 15.3 Å². The number of thioether (sulfide) groups is 1. The van der Waals surface area contributed by atoms with Gasteiger partial charge in [0.25, 0.3) is 0 Å². The molecule has 0 aliphatic carbocycles. The van der Waals surface area contributed by atoms with Gasteiger partial charge in [-0.05, 0) is 12.5 Å². The molecule has 2 atom stereocenters. The molecule has 0 radical (unpaired) electrons. The van der Waals surface area contributed by atoms with Gasteiger partial charge in [0.1, 0.15) is 11.5 Å². The van der Waals surface area contributed by atoms with E-state index in [-0.39, 0.29) is 6.61 Å². The maximum Gasteiger partial charge on any atom is 0.130 e. The standard InChI is InChI=1S/C20H26O5S/c1-13-6-4-8-15(19(13)24-2)17(22)11-26-12-18(23)16-9-5-7-14(10-21)20(16)25-3/h4-9,17-18,21-23H,10-12H2,1-3H3. The third kappa shape index (κ3) is 4.71. The summed E-state index contributed by atoms with van der Waals surface area (Å²) in [5.41, 5.74) is 2.99. The topological polar surface area (TPSA) is 79.2 Å². The molecule has 2 unspecified atom stereocenters. The minimum atomic E-state index is -0.756. The lowest BCUT2D eigenvalue weighted by atomic mass is 10.1. The van der Waals surface area contributed by atoms with Crippen molar-refractivity contribution in [1.82, 2.24) is 0 Å². The molecular weight excluding hydrogens is 352 g/mol. The molecule has 2 aromatic rings. The van der Waals surface area contributed by atoms with Crippen molar-refractivity contribution >= 4 is 11.8 Å². The number of rotatable bonds is 9. The van der Waals surface area contributed by atoms with Crippen LogP contribution in [0.2, 0.25) is 0 Å². The van der Waals surface area contributed by atoms with Gasteiger partial charge in [-0.2, -0.15) is 11.8 Å². The van der Waals surface area contributed by atoms with E-state index < -0.39 is 12.2 Å². The molecule has 0 saturated heterocycles. The smallest absolute Gasteiger partial charge is 0.130 e. The number of benzene rings is 2. The van der Waals surface area contributed by atoms with Crippen LogP contribution in [0.3, 0.4) is 0 Å². The van der Waals surface area contributed by atoms with Crippen LogP contribution in [0.1, 0.15) is 34.5 Å². The highest BCUT2D eigenvalue weighted by Crippen LogP contribution is 2.33. The van der Waals surface area contributed by atoms with Crippen molar-refractivity contribution in [3.63, 3.8) is 0 Å². The number of hydrogen-bond acceptors (Lipinski definition) is 6. The molecule has 0 aromatic heterocycles. The van der Waals surface area contributed by atoms with Crippen LogP contribution in [0.4, 0.5) is 0 Å². The summed E-state index contributed by atoms with van der Waals surface area (Å²) in [6.45, 7) is 1.79. The van der Waals surface area contributed by atoms with Gasteiger partial charge in [0.05, 0.1) is 33.0 Å². The van der Waals surface area contributed by atoms with E-state index in [2.05, 4.69) is 0 Å². The first-order valence-electron chi connectivity index (χ1n) is 8.37. The van der Waals surface area contributed by atoms with Crippen molar-refractivity contribution in [3.8, 4) is 11.5 Å². The molecule has 26 heavy (non-hydrogen) atoms. The second kappa shape index (κ2) is 9.83. The number of methoxy groups -OCH3 is 2. The van der Waals surface area contributed by atoms with Crippen LogP contribution in [-0.4, -0.2) is 41.0 Å². The summed E-state index contributed by atoms with van der Waals surface area (Å²) in [5.74, 6) is 2.03. The molecule has 0 aliphatic rings. The number of aliphatic hydroxyl groups is 3. The Balaban J connectivity index is 2.01. The Morgan fingerprint density at radius 3 is 1.96 bits per heavy atom. The Kier molecular flexibility index (Phi) is 7.78. The van der Waals surface area contributed by atoms with Gasteiger partial charge < -0.3 is 24.8 Å². The van der Waals surface area contributed by atoms with Crippen LogP contribution in [0, 0.1) is 6.92 Å². The minimum Gasteiger partial charge on any atom is -0.496 e. The van der Waals surface area contributed by atoms with Crippen LogP contribution < -0.4 is 9.47 Å². The Morgan fingerprint density at radius 1 is 0.885 bits per heavy atom. The highest BCUT2D eigenvalue weighted by Gasteiger charge is 2.19. The third-order valence-corrected chi connectivity index (χ3v) is 5.32. The fraction of sp³-hybridized carbons (Fsp3) is 0.400. The lowest BCUT2D eigenvalue weighted by Gasteiger charge is -2.19. The van der Waals surface area contributed by atoms with Gasteiger partial charge >= 0.3 is 0 Å². The lowest BCUT2D eigenvalue weighted by Crippen LogP contribution is -2.08. The number of aryl methyl sites for hydroxylation is 1. The van der Waals surface area contributed by atoms with Gasteiger partial charge in [-0.3, -0.25) is 0 Å². The molecule has 2 aromatic carbocycles. The summed E-state index contributed by atoms with van der Waals surface area (Å²) in [6.07, 6.45) is -1.44. The number of aliphatic hydroxyl groups excluding tert-OH is 3. The van der Waals surface area contributed by atoms with Crippen LogP contribution >= 0.6 is 11.8 Å². The molecule has 6 heteroatoms. The van der Waals surface area contributed by atoms with Gasteiger partial charge in [-0.25, -0.2) is 0 Å². The highest BCUT2D eigenvalue weighted by atomic mass is 32.2.